The van der Waals surface area contributed by atoms with Gasteiger partial charge in [-0.3, -0.25) is 4.98 Å². The Kier molecular flexibility index (Phi) is 4.07. The fraction of sp³-hybridized carbons (Fsp3) is 0.357. The second kappa shape index (κ2) is 5.75. The first-order valence-corrected chi connectivity index (χ1v) is 5.82. The van der Waals surface area contributed by atoms with Crippen LogP contribution in [0, 0.1) is 0 Å². The van der Waals surface area contributed by atoms with E-state index in [2.05, 4.69) is 4.98 Å². The molecule has 1 heterocycles. The number of methoxy groups -OCH3 is 1. The Morgan fingerprint density at radius 3 is 3.06 bits per heavy atom. The molecule has 1 aromatic heterocycles. The predicted octanol–water partition coefficient (Wildman–Crippen LogP) is 2.69. The molecule has 2 rings (SSSR count). The van der Waals surface area contributed by atoms with E-state index >= 15 is 0 Å². The fourth-order valence-electron chi connectivity index (χ4n) is 2.00. The molecule has 17 heavy (non-hydrogen) atoms. The molecule has 0 bridgehead atoms. The number of pyridine rings is 1. The van der Waals surface area contributed by atoms with Crippen LogP contribution in [0.25, 0.3) is 10.8 Å². The summed E-state index contributed by atoms with van der Waals surface area (Å²) in [5, 5.41) is 12.3. The van der Waals surface area contributed by atoms with Gasteiger partial charge in [0.1, 0.15) is 0 Å². The Balaban J connectivity index is 2.22. The lowest BCUT2D eigenvalue weighted by molar-refractivity contribution is 0.137. The predicted molar refractivity (Wildman–Crippen MR) is 67.8 cm³/mol. The van der Waals surface area contributed by atoms with E-state index in [1.54, 1.807) is 13.3 Å². The Morgan fingerprint density at radius 2 is 2.24 bits per heavy atom. The Bertz CT molecular complexity index is 479. The number of benzene rings is 1. The van der Waals surface area contributed by atoms with Crippen LogP contribution in [0.1, 0.15) is 24.5 Å². The lowest BCUT2D eigenvalue weighted by atomic mass is 9.99. The van der Waals surface area contributed by atoms with Gasteiger partial charge in [0.15, 0.2) is 0 Å². The first-order chi connectivity index (χ1) is 8.33. The molecule has 90 valence electrons. The largest absolute Gasteiger partial charge is 0.388 e. The molecule has 1 N–H and O–H groups in total. The summed E-state index contributed by atoms with van der Waals surface area (Å²) >= 11 is 0. The number of hydrogen-bond donors (Lipinski definition) is 1. The van der Waals surface area contributed by atoms with Crippen LogP contribution in [0.5, 0.6) is 0 Å². The Hall–Kier alpha value is -1.45. The highest BCUT2D eigenvalue weighted by Gasteiger charge is 2.10. The van der Waals surface area contributed by atoms with Crippen molar-refractivity contribution in [3.8, 4) is 0 Å². The van der Waals surface area contributed by atoms with Crippen LogP contribution >= 0.6 is 0 Å². The standard InChI is InChI=1S/C14H17NO2/c1-17-9-3-6-14(16)12-5-2-4-11-7-8-15-10-13(11)12/h2,4-5,7-8,10,14,16H,3,6,9H2,1H3. The van der Waals surface area contributed by atoms with Crippen LogP contribution in [-0.4, -0.2) is 23.8 Å². The van der Waals surface area contributed by atoms with Gasteiger partial charge in [-0.25, -0.2) is 0 Å². The summed E-state index contributed by atoms with van der Waals surface area (Å²) in [5.41, 5.74) is 0.951. The Labute approximate surface area is 101 Å². The van der Waals surface area contributed by atoms with Gasteiger partial charge in [-0.1, -0.05) is 18.2 Å². The molecule has 1 unspecified atom stereocenters. The highest BCUT2D eigenvalue weighted by molar-refractivity contribution is 5.85. The molecule has 0 fully saturated rings. The number of ether oxygens (including phenoxy) is 1. The minimum Gasteiger partial charge on any atom is -0.388 e. The number of fused-ring (bicyclic) bond motifs is 1. The molecule has 3 heteroatoms. The van der Waals surface area contributed by atoms with E-state index in [0.717, 1.165) is 22.8 Å². The van der Waals surface area contributed by atoms with Crippen molar-refractivity contribution in [3.63, 3.8) is 0 Å². The van der Waals surface area contributed by atoms with Gasteiger partial charge in [0, 0.05) is 31.5 Å². The summed E-state index contributed by atoms with van der Waals surface area (Å²) in [6, 6.07) is 7.92. The first kappa shape index (κ1) is 12.0. The zero-order valence-electron chi connectivity index (χ0n) is 9.97. The summed E-state index contributed by atoms with van der Waals surface area (Å²) in [6.07, 6.45) is 4.70. The molecule has 1 atom stereocenters. The van der Waals surface area contributed by atoms with Gasteiger partial charge in [-0.05, 0) is 29.9 Å². The average molecular weight is 231 g/mol. The topological polar surface area (TPSA) is 42.4 Å². The van der Waals surface area contributed by atoms with Crippen molar-refractivity contribution in [1.29, 1.82) is 0 Å². The van der Waals surface area contributed by atoms with Crippen molar-refractivity contribution >= 4 is 10.8 Å². The third-order valence-corrected chi connectivity index (χ3v) is 2.90. The molecule has 0 aliphatic rings. The maximum Gasteiger partial charge on any atom is 0.0797 e. The van der Waals surface area contributed by atoms with Gasteiger partial charge in [-0.15, -0.1) is 0 Å². The van der Waals surface area contributed by atoms with E-state index in [1.807, 2.05) is 30.5 Å². The molecule has 0 aliphatic heterocycles. The summed E-state index contributed by atoms with van der Waals surface area (Å²) in [6.45, 7) is 0.681. The summed E-state index contributed by atoms with van der Waals surface area (Å²) in [7, 11) is 1.67. The fourth-order valence-corrected chi connectivity index (χ4v) is 2.00. The molecule has 0 aliphatic carbocycles. The van der Waals surface area contributed by atoms with Crippen molar-refractivity contribution < 1.29 is 9.84 Å². The molecule has 0 spiro atoms. The van der Waals surface area contributed by atoms with Crippen molar-refractivity contribution in [2.24, 2.45) is 0 Å². The van der Waals surface area contributed by atoms with Crippen LogP contribution in [0.4, 0.5) is 0 Å². The van der Waals surface area contributed by atoms with Gasteiger partial charge >= 0.3 is 0 Å². The summed E-state index contributed by atoms with van der Waals surface area (Å²) in [5.74, 6) is 0. The third kappa shape index (κ3) is 2.81. The lowest BCUT2D eigenvalue weighted by Crippen LogP contribution is -2.00. The van der Waals surface area contributed by atoms with E-state index in [4.69, 9.17) is 4.74 Å². The zero-order chi connectivity index (χ0) is 12.1. The molecule has 1 aromatic carbocycles. The summed E-state index contributed by atoms with van der Waals surface area (Å²) in [4.78, 5) is 4.12. The minimum atomic E-state index is -0.446. The SMILES string of the molecule is COCCCC(O)c1cccc2ccncc12. The number of nitrogens with zero attached hydrogens (tertiary/aromatic N) is 1. The monoisotopic (exact) mass is 231 g/mol. The van der Waals surface area contributed by atoms with Gasteiger partial charge in [0.05, 0.1) is 6.10 Å². The normalized spacial score (nSPS) is 12.8. The number of hydrogen-bond acceptors (Lipinski definition) is 3. The van der Waals surface area contributed by atoms with Crippen LogP contribution in [-0.2, 0) is 4.74 Å². The van der Waals surface area contributed by atoms with Crippen molar-refractivity contribution in [2.45, 2.75) is 18.9 Å². The average Bonchev–Trinajstić information content (AvgIpc) is 2.38. The molecule has 0 saturated carbocycles. The van der Waals surface area contributed by atoms with E-state index < -0.39 is 6.10 Å². The van der Waals surface area contributed by atoms with Crippen LogP contribution in [0.3, 0.4) is 0 Å². The molecule has 2 aromatic rings. The quantitative estimate of drug-likeness (QED) is 0.804. The van der Waals surface area contributed by atoms with Crippen molar-refractivity contribution in [2.75, 3.05) is 13.7 Å². The number of aromatic nitrogens is 1. The van der Waals surface area contributed by atoms with Crippen LogP contribution in [0.15, 0.2) is 36.7 Å². The van der Waals surface area contributed by atoms with Crippen molar-refractivity contribution in [3.05, 3.63) is 42.2 Å². The smallest absolute Gasteiger partial charge is 0.0797 e. The van der Waals surface area contributed by atoms with Gasteiger partial charge in [0.2, 0.25) is 0 Å². The summed E-state index contributed by atoms with van der Waals surface area (Å²) < 4.78 is 4.99. The number of aliphatic hydroxyl groups excluding tert-OH is 1. The van der Waals surface area contributed by atoms with E-state index in [0.29, 0.717) is 13.0 Å². The number of aliphatic hydroxyl groups is 1. The molecular weight excluding hydrogens is 214 g/mol. The maximum absolute atomic E-state index is 10.2. The second-order valence-electron chi connectivity index (χ2n) is 4.09. The van der Waals surface area contributed by atoms with Crippen molar-refractivity contribution in [1.82, 2.24) is 4.98 Å². The number of rotatable bonds is 5. The minimum absolute atomic E-state index is 0.446. The van der Waals surface area contributed by atoms with E-state index in [1.165, 1.54) is 0 Å². The third-order valence-electron chi connectivity index (χ3n) is 2.90. The maximum atomic E-state index is 10.2. The highest BCUT2D eigenvalue weighted by Crippen LogP contribution is 2.26. The molecule has 0 saturated heterocycles. The molecular formula is C14H17NO2. The van der Waals surface area contributed by atoms with Crippen LogP contribution in [0.2, 0.25) is 0 Å². The van der Waals surface area contributed by atoms with Crippen LogP contribution < -0.4 is 0 Å². The molecule has 3 nitrogen and oxygen atoms in total. The van der Waals surface area contributed by atoms with Gasteiger partial charge in [-0.2, -0.15) is 0 Å². The van der Waals surface area contributed by atoms with Gasteiger partial charge < -0.3 is 9.84 Å². The second-order valence-corrected chi connectivity index (χ2v) is 4.09. The lowest BCUT2D eigenvalue weighted by Gasteiger charge is -2.13. The highest BCUT2D eigenvalue weighted by atomic mass is 16.5. The van der Waals surface area contributed by atoms with E-state index in [-0.39, 0.29) is 0 Å². The molecule has 0 radical (unpaired) electrons. The molecule has 0 amide bonds. The Morgan fingerprint density at radius 1 is 1.35 bits per heavy atom. The zero-order valence-corrected chi connectivity index (χ0v) is 9.97. The van der Waals surface area contributed by atoms with Gasteiger partial charge in [0.25, 0.3) is 0 Å². The first-order valence-electron chi connectivity index (χ1n) is 5.82. The van der Waals surface area contributed by atoms with E-state index in [9.17, 15) is 5.11 Å².